The average molecular weight is 522 g/mol. The van der Waals surface area contributed by atoms with Gasteiger partial charge in [0.25, 0.3) is 0 Å². The van der Waals surface area contributed by atoms with Crippen LogP contribution in [0.2, 0.25) is 0 Å². The maximum atomic E-state index is 13.8. The molecule has 0 saturated carbocycles. The molecule has 2 aliphatic rings. The van der Waals surface area contributed by atoms with Gasteiger partial charge in [0.2, 0.25) is 5.91 Å². The fraction of sp³-hybridized carbons (Fsp3) is 0.548. The van der Waals surface area contributed by atoms with Gasteiger partial charge in [-0.3, -0.25) is 9.69 Å². The number of carbonyl (C=O) groups excluding carboxylic acids is 2. The summed E-state index contributed by atoms with van der Waals surface area (Å²) in [5.41, 5.74) is 3.99. The average Bonchev–Trinajstić information content (AvgIpc) is 3.10. The zero-order valence-electron chi connectivity index (χ0n) is 24.0. The number of benzene rings is 2. The van der Waals surface area contributed by atoms with Crippen LogP contribution in [-0.2, 0) is 26.1 Å². The second-order valence-corrected chi connectivity index (χ2v) is 12.4. The zero-order chi connectivity index (χ0) is 27.7. The van der Waals surface area contributed by atoms with Crippen molar-refractivity contribution in [2.24, 2.45) is 0 Å². The van der Waals surface area contributed by atoms with E-state index in [2.05, 4.69) is 61.2 Å². The highest BCUT2D eigenvalue weighted by atomic mass is 16.6. The van der Waals surface area contributed by atoms with Gasteiger partial charge in [-0.25, -0.2) is 4.79 Å². The summed E-state index contributed by atoms with van der Waals surface area (Å²) in [6.07, 6.45) is 0.509. The lowest BCUT2D eigenvalue weighted by molar-refractivity contribution is -0.121. The molecule has 206 valence electrons. The molecule has 2 amide bonds. The zero-order valence-corrected chi connectivity index (χ0v) is 24.0. The Balaban J connectivity index is 1.51. The first-order chi connectivity index (χ1) is 17.9. The molecule has 7 heteroatoms. The van der Waals surface area contributed by atoms with E-state index in [4.69, 9.17) is 9.47 Å². The SMILES string of the molecule is COC[C@H]1CN(C(=O)OC(C)(C)C)[C@H](C)CN1CC(=O)N1CC(C)(C)c2ccc(Cc3ccccc3)cc21. The van der Waals surface area contributed by atoms with E-state index in [1.165, 1.54) is 16.7 Å². The smallest absolute Gasteiger partial charge is 0.410 e. The van der Waals surface area contributed by atoms with Crippen LogP contribution in [0.1, 0.15) is 58.2 Å². The van der Waals surface area contributed by atoms with Crippen LogP contribution >= 0.6 is 0 Å². The van der Waals surface area contributed by atoms with Crippen molar-refractivity contribution in [3.63, 3.8) is 0 Å². The lowest BCUT2D eigenvalue weighted by Crippen LogP contribution is -2.62. The van der Waals surface area contributed by atoms with Gasteiger partial charge < -0.3 is 19.3 Å². The number of hydrogen-bond acceptors (Lipinski definition) is 5. The molecule has 38 heavy (non-hydrogen) atoms. The topological polar surface area (TPSA) is 62.3 Å². The first-order valence-corrected chi connectivity index (χ1v) is 13.6. The van der Waals surface area contributed by atoms with Gasteiger partial charge in [-0.05, 0) is 56.9 Å². The van der Waals surface area contributed by atoms with E-state index in [0.29, 0.717) is 26.2 Å². The van der Waals surface area contributed by atoms with Crippen LogP contribution in [0.4, 0.5) is 10.5 Å². The van der Waals surface area contributed by atoms with Gasteiger partial charge in [-0.1, -0.05) is 56.3 Å². The first-order valence-electron chi connectivity index (χ1n) is 13.6. The maximum absolute atomic E-state index is 13.8. The summed E-state index contributed by atoms with van der Waals surface area (Å²) in [4.78, 5) is 32.6. The molecule has 0 aliphatic carbocycles. The molecule has 4 rings (SSSR count). The highest BCUT2D eigenvalue weighted by molar-refractivity contribution is 5.97. The van der Waals surface area contributed by atoms with E-state index < -0.39 is 5.60 Å². The summed E-state index contributed by atoms with van der Waals surface area (Å²) in [5, 5.41) is 0. The molecule has 0 unspecified atom stereocenters. The number of methoxy groups -OCH3 is 1. The Hall–Kier alpha value is -2.90. The summed E-state index contributed by atoms with van der Waals surface area (Å²) >= 11 is 0. The molecule has 1 fully saturated rings. The largest absolute Gasteiger partial charge is 0.444 e. The normalized spacial score (nSPS) is 21.3. The first kappa shape index (κ1) is 28.1. The third kappa shape index (κ3) is 6.38. The Bertz CT molecular complexity index is 1140. The van der Waals surface area contributed by atoms with Crippen molar-refractivity contribution in [3.8, 4) is 0 Å². The Morgan fingerprint density at radius 2 is 1.74 bits per heavy atom. The van der Waals surface area contributed by atoms with Crippen molar-refractivity contribution >= 4 is 17.7 Å². The minimum absolute atomic E-state index is 0.0766. The quantitative estimate of drug-likeness (QED) is 0.544. The second kappa shape index (κ2) is 11.1. The van der Waals surface area contributed by atoms with Crippen molar-refractivity contribution in [1.29, 1.82) is 0 Å². The van der Waals surface area contributed by atoms with Crippen molar-refractivity contribution in [2.45, 2.75) is 71.1 Å². The Kier molecular flexibility index (Phi) is 8.19. The van der Waals surface area contributed by atoms with Crippen LogP contribution < -0.4 is 4.90 Å². The van der Waals surface area contributed by atoms with Gasteiger partial charge >= 0.3 is 6.09 Å². The molecule has 2 aliphatic heterocycles. The molecule has 0 radical (unpaired) electrons. The van der Waals surface area contributed by atoms with Crippen LogP contribution in [0.25, 0.3) is 0 Å². The number of carbonyl (C=O) groups is 2. The van der Waals surface area contributed by atoms with Crippen LogP contribution in [-0.4, -0.2) is 79.4 Å². The molecule has 2 aromatic carbocycles. The Labute approximate surface area is 227 Å². The van der Waals surface area contributed by atoms with E-state index in [0.717, 1.165) is 12.1 Å². The monoisotopic (exact) mass is 521 g/mol. The van der Waals surface area contributed by atoms with Crippen molar-refractivity contribution < 1.29 is 19.1 Å². The lowest BCUT2D eigenvalue weighted by atomic mass is 9.86. The summed E-state index contributed by atoms with van der Waals surface area (Å²) in [6, 6.07) is 16.8. The highest BCUT2D eigenvalue weighted by Gasteiger charge is 2.41. The minimum atomic E-state index is -0.560. The number of ether oxygens (including phenoxy) is 2. The summed E-state index contributed by atoms with van der Waals surface area (Å²) in [5.74, 6) is 0.0766. The van der Waals surface area contributed by atoms with Gasteiger partial charge in [0.05, 0.1) is 19.2 Å². The molecular formula is C31H43N3O4. The second-order valence-electron chi connectivity index (χ2n) is 12.4. The summed E-state index contributed by atoms with van der Waals surface area (Å²) in [6.45, 7) is 14.4. The van der Waals surface area contributed by atoms with Crippen LogP contribution in [0, 0.1) is 0 Å². The number of amides is 2. The highest BCUT2D eigenvalue weighted by Crippen LogP contribution is 2.41. The summed E-state index contributed by atoms with van der Waals surface area (Å²) < 4.78 is 11.1. The van der Waals surface area contributed by atoms with E-state index in [9.17, 15) is 9.59 Å². The molecule has 7 nitrogen and oxygen atoms in total. The summed E-state index contributed by atoms with van der Waals surface area (Å²) in [7, 11) is 1.66. The molecular weight excluding hydrogens is 478 g/mol. The minimum Gasteiger partial charge on any atom is -0.444 e. The van der Waals surface area contributed by atoms with Gasteiger partial charge in [0.15, 0.2) is 0 Å². The number of anilines is 1. The molecule has 2 heterocycles. The lowest BCUT2D eigenvalue weighted by Gasteiger charge is -2.45. The Morgan fingerprint density at radius 1 is 1.03 bits per heavy atom. The van der Waals surface area contributed by atoms with Crippen LogP contribution in [0.15, 0.2) is 48.5 Å². The van der Waals surface area contributed by atoms with Gasteiger partial charge in [0.1, 0.15) is 5.60 Å². The standard InChI is InChI=1S/C31H43N3O4/c1-22-17-32(25(20-37-7)18-33(22)29(36)38-30(2,3)4)19-28(35)34-21-31(5,6)26-14-13-24(16-27(26)34)15-23-11-9-8-10-12-23/h8-14,16,22,25H,15,17-21H2,1-7H3/t22-,25-/m1/s1. The van der Waals surface area contributed by atoms with Crippen molar-refractivity contribution in [3.05, 3.63) is 65.2 Å². The molecule has 0 bridgehead atoms. The molecule has 0 spiro atoms. The molecule has 0 N–H and O–H groups in total. The van der Waals surface area contributed by atoms with Gasteiger partial charge in [-0.15, -0.1) is 0 Å². The van der Waals surface area contributed by atoms with Crippen LogP contribution in [0.5, 0.6) is 0 Å². The molecule has 1 saturated heterocycles. The number of fused-ring (bicyclic) bond motifs is 1. The van der Waals surface area contributed by atoms with Gasteiger partial charge in [0, 0.05) is 43.9 Å². The number of nitrogens with zero attached hydrogens (tertiary/aromatic N) is 3. The van der Waals surface area contributed by atoms with Crippen LogP contribution in [0.3, 0.4) is 0 Å². The maximum Gasteiger partial charge on any atom is 0.410 e. The third-order valence-electron chi connectivity index (χ3n) is 7.47. The number of piperazine rings is 1. The number of hydrogen-bond donors (Lipinski definition) is 0. The Morgan fingerprint density at radius 3 is 2.39 bits per heavy atom. The van der Waals surface area contributed by atoms with E-state index >= 15 is 0 Å². The van der Waals surface area contributed by atoms with Crippen molar-refractivity contribution in [2.75, 3.05) is 44.8 Å². The predicted octanol–water partition coefficient (Wildman–Crippen LogP) is 4.86. The fourth-order valence-electron chi connectivity index (χ4n) is 5.59. The number of rotatable bonds is 6. The fourth-order valence-corrected chi connectivity index (χ4v) is 5.59. The molecule has 2 atom stereocenters. The van der Waals surface area contributed by atoms with E-state index in [1.807, 2.05) is 38.7 Å². The van der Waals surface area contributed by atoms with E-state index in [1.54, 1.807) is 12.0 Å². The van der Waals surface area contributed by atoms with Crippen molar-refractivity contribution in [1.82, 2.24) is 9.80 Å². The van der Waals surface area contributed by atoms with Gasteiger partial charge in [-0.2, -0.15) is 0 Å². The third-order valence-corrected chi connectivity index (χ3v) is 7.47. The molecule has 2 aromatic rings. The van der Waals surface area contributed by atoms with E-state index in [-0.39, 0.29) is 36.0 Å². The molecule has 0 aromatic heterocycles. The predicted molar refractivity (Wildman–Crippen MR) is 151 cm³/mol.